The van der Waals surface area contributed by atoms with E-state index >= 15 is 0 Å². The van der Waals surface area contributed by atoms with E-state index in [1.807, 2.05) is 25.3 Å². The molecule has 0 unspecified atom stereocenters. The first-order valence-electron chi connectivity index (χ1n) is 10.8. The Kier molecular flexibility index (Phi) is 6.13. The molecule has 0 bridgehead atoms. The molecule has 4 rings (SSSR count). The number of ether oxygens (including phenoxy) is 2. The lowest BCUT2D eigenvalue weighted by Crippen LogP contribution is -2.32. The van der Waals surface area contributed by atoms with Gasteiger partial charge < -0.3 is 19.8 Å². The van der Waals surface area contributed by atoms with Crippen molar-refractivity contribution in [1.82, 2.24) is 19.3 Å². The van der Waals surface area contributed by atoms with Crippen molar-refractivity contribution in [2.45, 2.75) is 40.3 Å². The zero-order valence-electron chi connectivity index (χ0n) is 18.6. The number of aromatic nitrogens is 4. The van der Waals surface area contributed by atoms with Crippen LogP contribution in [0.3, 0.4) is 0 Å². The highest BCUT2D eigenvalue weighted by Gasteiger charge is 2.23. The second kappa shape index (κ2) is 8.99. The summed E-state index contributed by atoms with van der Waals surface area (Å²) in [4.78, 5) is 29.5. The lowest BCUT2D eigenvalue weighted by Gasteiger charge is -2.26. The third-order valence-electron chi connectivity index (χ3n) is 5.38. The number of nitrogens with zero attached hydrogens (tertiary/aromatic N) is 4. The molecule has 1 aliphatic heterocycles. The highest BCUT2D eigenvalue weighted by molar-refractivity contribution is 6.04. The van der Waals surface area contributed by atoms with Crippen molar-refractivity contribution >= 4 is 28.8 Å². The minimum atomic E-state index is -0.568. The average molecular weight is 441 g/mol. The Morgan fingerprint density at radius 1 is 1.28 bits per heavy atom. The molecule has 1 aromatic carbocycles. The van der Waals surface area contributed by atoms with Gasteiger partial charge in [-0.05, 0) is 38.5 Å². The van der Waals surface area contributed by atoms with E-state index in [0.29, 0.717) is 72.8 Å². The number of anilines is 1. The summed E-state index contributed by atoms with van der Waals surface area (Å²) in [5.74, 6) is 0.332. The molecule has 2 aromatic heterocycles. The smallest absolute Gasteiger partial charge is 0.276 e. The Labute approximate surface area is 185 Å². The van der Waals surface area contributed by atoms with Crippen molar-refractivity contribution in [2.75, 3.05) is 25.1 Å². The molecule has 10 heteroatoms. The quantitative estimate of drug-likeness (QED) is 0.526. The fraction of sp³-hybridized carbons (Fsp3) is 0.455. The largest absolute Gasteiger partial charge is 0.491 e. The molecule has 1 fully saturated rings. The molecule has 0 radical (unpaired) electrons. The van der Waals surface area contributed by atoms with Gasteiger partial charge in [-0.2, -0.15) is 5.10 Å². The number of nitrogens with one attached hydrogen (secondary N) is 1. The number of benzene rings is 1. The number of rotatable bonds is 9. The van der Waals surface area contributed by atoms with E-state index in [9.17, 15) is 9.59 Å². The molecule has 170 valence electrons. The molecule has 0 spiro atoms. The van der Waals surface area contributed by atoms with E-state index in [2.05, 4.69) is 15.4 Å². The van der Waals surface area contributed by atoms with Gasteiger partial charge in [0.25, 0.3) is 5.91 Å². The van der Waals surface area contributed by atoms with Gasteiger partial charge in [0.1, 0.15) is 17.0 Å². The van der Waals surface area contributed by atoms with Crippen molar-refractivity contribution < 1.29 is 19.1 Å². The number of carbonyl (C=O) groups excluding carboxylic acids is 2. The number of imidazole rings is 1. The number of fused-ring (bicyclic) bond motifs is 1. The molecule has 3 N–H and O–H groups in total. The number of amides is 2. The van der Waals surface area contributed by atoms with Gasteiger partial charge >= 0.3 is 0 Å². The van der Waals surface area contributed by atoms with Crippen LogP contribution in [0.1, 0.15) is 46.8 Å². The maximum atomic E-state index is 13.0. The van der Waals surface area contributed by atoms with Crippen LogP contribution in [0, 0.1) is 12.8 Å². The van der Waals surface area contributed by atoms with Gasteiger partial charge in [-0.3, -0.25) is 19.6 Å². The Balaban J connectivity index is 1.75. The van der Waals surface area contributed by atoms with E-state index in [1.54, 1.807) is 22.9 Å². The molecule has 10 nitrogen and oxygen atoms in total. The van der Waals surface area contributed by atoms with Crippen LogP contribution >= 0.6 is 0 Å². The Hall–Kier alpha value is -3.40. The number of carbonyl (C=O) groups is 2. The zero-order valence-corrected chi connectivity index (χ0v) is 18.6. The van der Waals surface area contributed by atoms with E-state index in [-0.39, 0.29) is 5.91 Å². The first-order valence-corrected chi connectivity index (χ1v) is 10.8. The van der Waals surface area contributed by atoms with Crippen LogP contribution in [0.2, 0.25) is 0 Å². The minimum absolute atomic E-state index is 0.302. The lowest BCUT2D eigenvalue weighted by molar-refractivity contribution is -0.0506. The fourth-order valence-electron chi connectivity index (χ4n) is 3.74. The van der Waals surface area contributed by atoms with Gasteiger partial charge in [-0.15, -0.1) is 0 Å². The number of hydrogen-bond donors (Lipinski definition) is 2. The fourth-order valence-corrected chi connectivity index (χ4v) is 3.74. The van der Waals surface area contributed by atoms with Gasteiger partial charge in [0.2, 0.25) is 11.9 Å². The number of nitrogens with two attached hydrogens (primary N) is 1. The lowest BCUT2D eigenvalue weighted by atomic mass is 10.1. The summed E-state index contributed by atoms with van der Waals surface area (Å²) in [5.41, 5.74) is 8.31. The topological polar surface area (TPSA) is 126 Å². The van der Waals surface area contributed by atoms with Gasteiger partial charge in [0.05, 0.1) is 31.0 Å². The highest BCUT2D eigenvalue weighted by atomic mass is 16.5. The number of primary amides is 1. The molecule has 0 saturated carbocycles. The Morgan fingerprint density at radius 3 is 2.69 bits per heavy atom. The molecule has 3 heterocycles. The summed E-state index contributed by atoms with van der Waals surface area (Å²) in [5, 5.41) is 7.25. The van der Waals surface area contributed by atoms with E-state index < -0.39 is 5.91 Å². The summed E-state index contributed by atoms with van der Waals surface area (Å²) in [6.45, 7) is 8.76. The van der Waals surface area contributed by atoms with Gasteiger partial charge in [-0.1, -0.05) is 6.92 Å². The molecule has 0 atom stereocenters. The third kappa shape index (κ3) is 4.18. The summed E-state index contributed by atoms with van der Waals surface area (Å²) < 4.78 is 14.8. The van der Waals surface area contributed by atoms with E-state index in [4.69, 9.17) is 15.2 Å². The summed E-state index contributed by atoms with van der Waals surface area (Å²) in [7, 11) is 0. The molecule has 2 amide bonds. The van der Waals surface area contributed by atoms with Crippen molar-refractivity contribution in [2.24, 2.45) is 11.7 Å². The zero-order chi connectivity index (χ0) is 22.8. The number of hydrogen-bond acceptors (Lipinski definition) is 6. The second-order valence-corrected chi connectivity index (χ2v) is 7.95. The van der Waals surface area contributed by atoms with Crippen LogP contribution in [0.4, 0.5) is 5.95 Å². The molecule has 3 aromatic rings. The molecule has 1 aliphatic rings. The first-order chi connectivity index (χ1) is 15.4. The van der Waals surface area contributed by atoms with Crippen LogP contribution in [0.15, 0.2) is 18.2 Å². The van der Waals surface area contributed by atoms with Crippen molar-refractivity contribution in [1.29, 1.82) is 0 Å². The van der Waals surface area contributed by atoms with Crippen LogP contribution in [-0.2, 0) is 17.8 Å². The molecular formula is C22H28N6O4. The molecule has 1 saturated heterocycles. The second-order valence-electron chi connectivity index (χ2n) is 7.95. The van der Waals surface area contributed by atoms with Crippen LogP contribution < -0.4 is 15.8 Å². The summed E-state index contributed by atoms with van der Waals surface area (Å²) in [6.07, 6.45) is 0.813. The van der Waals surface area contributed by atoms with Crippen molar-refractivity contribution in [3.63, 3.8) is 0 Å². The van der Waals surface area contributed by atoms with Crippen LogP contribution in [0.25, 0.3) is 11.0 Å². The van der Waals surface area contributed by atoms with E-state index in [0.717, 1.165) is 12.1 Å². The monoisotopic (exact) mass is 440 g/mol. The maximum Gasteiger partial charge on any atom is 0.276 e. The van der Waals surface area contributed by atoms with Crippen LogP contribution in [0.5, 0.6) is 5.75 Å². The van der Waals surface area contributed by atoms with Gasteiger partial charge in [-0.25, -0.2) is 4.98 Å². The third-order valence-corrected chi connectivity index (χ3v) is 5.38. The van der Waals surface area contributed by atoms with Crippen LogP contribution in [-0.4, -0.2) is 51.0 Å². The Bertz CT molecular complexity index is 1160. The molecular weight excluding hydrogens is 412 g/mol. The molecule has 0 aliphatic carbocycles. The van der Waals surface area contributed by atoms with E-state index in [1.165, 1.54) is 0 Å². The van der Waals surface area contributed by atoms with Crippen molar-refractivity contribution in [3.8, 4) is 5.75 Å². The highest BCUT2D eigenvalue weighted by Crippen LogP contribution is 2.32. The minimum Gasteiger partial charge on any atom is -0.491 e. The number of aryl methyl sites for hydroxylation is 3. The average Bonchev–Trinajstić information content (AvgIpc) is 3.27. The normalized spacial score (nSPS) is 13.8. The SMILES string of the molecule is CCCn1c(NC(=O)c2cc(C)nn2CC)nc2cc(C(N)=O)cc(OCC3COC3)c21. The predicted octanol–water partition coefficient (Wildman–Crippen LogP) is 2.35. The standard InChI is InChI=1S/C22H28N6O4/c1-4-6-27-19-16(8-15(20(23)29)9-18(19)32-12-14-10-31-11-14)24-22(27)25-21(30)17-7-13(3)26-28(17)5-2/h7-9,14H,4-6,10-12H2,1-3H3,(H2,23,29)(H,24,25,30). The molecule has 32 heavy (non-hydrogen) atoms. The maximum absolute atomic E-state index is 13.0. The first kappa shape index (κ1) is 21.8. The van der Waals surface area contributed by atoms with Crippen molar-refractivity contribution in [3.05, 3.63) is 35.2 Å². The summed E-state index contributed by atoms with van der Waals surface area (Å²) >= 11 is 0. The predicted molar refractivity (Wildman–Crippen MR) is 119 cm³/mol. The Morgan fingerprint density at radius 2 is 2.06 bits per heavy atom. The van der Waals surface area contributed by atoms with Gasteiger partial charge in [0, 0.05) is 24.6 Å². The van der Waals surface area contributed by atoms with Gasteiger partial charge in [0.15, 0.2) is 0 Å². The summed E-state index contributed by atoms with van der Waals surface area (Å²) in [6, 6.07) is 5.00.